The molecule has 1 aliphatic rings. The Bertz CT molecular complexity index is 279. The highest BCUT2D eigenvalue weighted by molar-refractivity contribution is 7.99. The molecule has 0 saturated carbocycles. The third-order valence-electron chi connectivity index (χ3n) is 2.36. The first-order chi connectivity index (χ1) is 6.86. The van der Waals surface area contributed by atoms with Crippen LogP contribution < -0.4 is 5.32 Å². The lowest BCUT2D eigenvalue weighted by molar-refractivity contribution is 0.658. The molecule has 1 N–H and O–H groups in total. The van der Waals surface area contributed by atoms with Gasteiger partial charge in [-0.05, 0) is 29.8 Å². The molecule has 14 heavy (non-hydrogen) atoms. The second kappa shape index (κ2) is 4.75. The van der Waals surface area contributed by atoms with E-state index in [4.69, 9.17) is 0 Å². The Kier molecular flexibility index (Phi) is 3.36. The minimum atomic E-state index is 0.613. The summed E-state index contributed by atoms with van der Waals surface area (Å²) in [7, 11) is 1.88. The topological polar surface area (TPSA) is 55.6 Å². The van der Waals surface area contributed by atoms with Gasteiger partial charge in [-0.2, -0.15) is 0 Å². The average Bonchev–Trinajstić information content (AvgIpc) is 2.44. The number of aromatic nitrogens is 4. The van der Waals surface area contributed by atoms with Gasteiger partial charge in [0.05, 0.1) is 0 Å². The van der Waals surface area contributed by atoms with Gasteiger partial charge in [0.15, 0.2) is 0 Å². The van der Waals surface area contributed by atoms with Gasteiger partial charge >= 0.3 is 0 Å². The van der Waals surface area contributed by atoms with Gasteiger partial charge in [-0.1, -0.05) is 18.2 Å². The lowest BCUT2D eigenvalue weighted by Crippen LogP contribution is -2.22. The van der Waals surface area contributed by atoms with Crippen LogP contribution in [-0.2, 0) is 7.05 Å². The molecule has 1 fully saturated rings. The highest BCUT2D eigenvalue weighted by atomic mass is 32.2. The molecule has 1 atom stereocenters. The summed E-state index contributed by atoms with van der Waals surface area (Å²) >= 11 is 1.78. The molecule has 0 aromatic carbocycles. The summed E-state index contributed by atoms with van der Waals surface area (Å²) < 4.78 is 1.73. The smallest absolute Gasteiger partial charge is 0.209 e. The maximum atomic E-state index is 3.98. The second-order valence-electron chi connectivity index (χ2n) is 3.52. The lowest BCUT2D eigenvalue weighted by Gasteiger charge is -2.11. The van der Waals surface area contributed by atoms with Crippen molar-refractivity contribution in [2.75, 3.05) is 13.1 Å². The van der Waals surface area contributed by atoms with Crippen LogP contribution >= 0.6 is 11.8 Å². The molecular weight excluding hydrogens is 198 g/mol. The van der Waals surface area contributed by atoms with Gasteiger partial charge in [0.25, 0.3) is 0 Å². The molecular formula is C8H15N5S. The highest BCUT2D eigenvalue weighted by Gasteiger charge is 2.15. The second-order valence-corrected chi connectivity index (χ2v) is 4.79. The molecule has 0 spiro atoms. The molecule has 2 heterocycles. The summed E-state index contributed by atoms with van der Waals surface area (Å²) in [6, 6.07) is 0. The molecule has 1 unspecified atom stereocenters. The van der Waals surface area contributed by atoms with Crippen LogP contribution in [0.3, 0.4) is 0 Å². The van der Waals surface area contributed by atoms with E-state index in [1.807, 2.05) is 7.05 Å². The Morgan fingerprint density at radius 2 is 2.43 bits per heavy atom. The van der Waals surface area contributed by atoms with Crippen molar-refractivity contribution >= 4 is 11.8 Å². The Morgan fingerprint density at radius 1 is 1.50 bits per heavy atom. The average molecular weight is 213 g/mol. The Hall–Kier alpha value is -0.620. The molecule has 1 aromatic heterocycles. The highest BCUT2D eigenvalue weighted by Crippen LogP contribution is 2.24. The van der Waals surface area contributed by atoms with E-state index < -0.39 is 0 Å². The number of rotatable bonds is 2. The van der Waals surface area contributed by atoms with Crippen molar-refractivity contribution in [2.24, 2.45) is 7.05 Å². The summed E-state index contributed by atoms with van der Waals surface area (Å²) in [6.07, 6.45) is 3.84. The van der Waals surface area contributed by atoms with Crippen molar-refractivity contribution in [1.29, 1.82) is 0 Å². The van der Waals surface area contributed by atoms with Gasteiger partial charge in [-0.25, -0.2) is 4.68 Å². The summed E-state index contributed by atoms with van der Waals surface area (Å²) in [5.74, 6) is 0. The fraction of sp³-hybridized carbons (Fsp3) is 0.875. The number of thioether (sulfide) groups is 1. The number of nitrogens with zero attached hydrogens (tertiary/aromatic N) is 4. The normalized spacial score (nSPS) is 23.4. The molecule has 0 amide bonds. The first kappa shape index (κ1) is 9.92. The zero-order valence-electron chi connectivity index (χ0n) is 8.31. The van der Waals surface area contributed by atoms with Gasteiger partial charge in [0, 0.05) is 18.8 Å². The Morgan fingerprint density at radius 3 is 3.21 bits per heavy atom. The summed E-state index contributed by atoms with van der Waals surface area (Å²) in [5.41, 5.74) is 0. The minimum Gasteiger partial charge on any atom is -0.316 e. The van der Waals surface area contributed by atoms with Gasteiger partial charge < -0.3 is 5.32 Å². The van der Waals surface area contributed by atoms with Crippen molar-refractivity contribution in [3.63, 3.8) is 0 Å². The molecule has 0 bridgehead atoms. The molecule has 78 valence electrons. The molecule has 1 saturated heterocycles. The first-order valence-electron chi connectivity index (χ1n) is 4.96. The first-order valence-corrected chi connectivity index (χ1v) is 5.84. The van der Waals surface area contributed by atoms with E-state index in [-0.39, 0.29) is 0 Å². The lowest BCUT2D eigenvalue weighted by atomic mass is 10.2. The quantitative estimate of drug-likeness (QED) is 0.772. The standard InChI is InChI=1S/C8H15N5S/c1-13-8(10-11-12-13)14-7-4-2-3-5-9-6-7/h7,9H,2-6H2,1H3. The zero-order valence-corrected chi connectivity index (χ0v) is 9.13. The van der Waals surface area contributed by atoms with E-state index in [1.165, 1.54) is 19.3 Å². The number of aryl methyl sites for hydroxylation is 1. The maximum absolute atomic E-state index is 3.98. The van der Waals surface area contributed by atoms with Crippen LogP contribution in [-0.4, -0.2) is 38.5 Å². The SMILES string of the molecule is Cn1nnnc1SC1CCCCNC1. The maximum Gasteiger partial charge on any atom is 0.209 e. The van der Waals surface area contributed by atoms with Crippen LogP contribution in [0.1, 0.15) is 19.3 Å². The fourth-order valence-electron chi connectivity index (χ4n) is 1.56. The van der Waals surface area contributed by atoms with Crippen molar-refractivity contribution in [3.8, 4) is 0 Å². The van der Waals surface area contributed by atoms with E-state index in [2.05, 4.69) is 20.8 Å². The van der Waals surface area contributed by atoms with Crippen molar-refractivity contribution in [1.82, 2.24) is 25.5 Å². The van der Waals surface area contributed by atoms with Crippen LogP contribution in [0.15, 0.2) is 5.16 Å². The predicted octanol–water partition coefficient (Wildman–Crippen LogP) is 0.444. The van der Waals surface area contributed by atoms with Gasteiger partial charge in [-0.15, -0.1) is 5.10 Å². The number of tetrazole rings is 1. The van der Waals surface area contributed by atoms with Gasteiger partial charge in [0.2, 0.25) is 5.16 Å². The van der Waals surface area contributed by atoms with E-state index in [9.17, 15) is 0 Å². The van der Waals surface area contributed by atoms with Crippen LogP contribution in [0.5, 0.6) is 0 Å². The number of hydrogen-bond acceptors (Lipinski definition) is 5. The summed E-state index contributed by atoms with van der Waals surface area (Å²) in [5, 5.41) is 16.4. The molecule has 1 aromatic rings. The largest absolute Gasteiger partial charge is 0.316 e. The monoisotopic (exact) mass is 213 g/mol. The van der Waals surface area contributed by atoms with Crippen molar-refractivity contribution in [3.05, 3.63) is 0 Å². The van der Waals surface area contributed by atoms with Gasteiger partial charge in [-0.3, -0.25) is 0 Å². The molecule has 2 rings (SSSR count). The fourth-order valence-corrected chi connectivity index (χ4v) is 2.61. The molecule has 0 radical (unpaired) electrons. The molecule has 0 aliphatic carbocycles. The minimum absolute atomic E-state index is 0.613. The molecule has 6 heteroatoms. The predicted molar refractivity (Wildman–Crippen MR) is 55.2 cm³/mol. The van der Waals surface area contributed by atoms with E-state index in [1.54, 1.807) is 16.4 Å². The zero-order chi connectivity index (χ0) is 9.80. The van der Waals surface area contributed by atoms with Gasteiger partial charge in [0.1, 0.15) is 0 Å². The van der Waals surface area contributed by atoms with Crippen LogP contribution in [0.25, 0.3) is 0 Å². The number of nitrogens with one attached hydrogen (secondary N) is 1. The Labute approximate surface area is 87.6 Å². The van der Waals surface area contributed by atoms with Crippen LogP contribution in [0, 0.1) is 0 Å². The number of hydrogen-bond donors (Lipinski definition) is 1. The summed E-state index contributed by atoms with van der Waals surface area (Å²) in [4.78, 5) is 0. The van der Waals surface area contributed by atoms with E-state index >= 15 is 0 Å². The van der Waals surface area contributed by atoms with Crippen LogP contribution in [0.2, 0.25) is 0 Å². The molecule has 1 aliphatic heterocycles. The van der Waals surface area contributed by atoms with E-state index in [0.717, 1.165) is 18.2 Å². The van der Waals surface area contributed by atoms with E-state index in [0.29, 0.717) is 5.25 Å². The molecule has 5 nitrogen and oxygen atoms in total. The van der Waals surface area contributed by atoms with Crippen molar-refractivity contribution < 1.29 is 0 Å². The third-order valence-corrected chi connectivity index (χ3v) is 3.65. The summed E-state index contributed by atoms with van der Waals surface area (Å²) in [6.45, 7) is 2.21. The Balaban J connectivity index is 1.92. The van der Waals surface area contributed by atoms with Crippen molar-refractivity contribution in [2.45, 2.75) is 29.7 Å². The third kappa shape index (κ3) is 2.45. The van der Waals surface area contributed by atoms with Crippen LogP contribution in [0.4, 0.5) is 0 Å².